The van der Waals surface area contributed by atoms with Crippen LogP contribution in [0.25, 0.3) is 0 Å². The van der Waals surface area contributed by atoms with Crippen molar-refractivity contribution in [2.45, 2.75) is 19.4 Å². The van der Waals surface area contributed by atoms with Crippen LogP contribution in [0.15, 0.2) is 0 Å². The molecule has 0 bridgehead atoms. The van der Waals surface area contributed by atoms with Crippen molar-refractivity contribution in [3.8, 4) is 0 Å². The number of likely N-dealkylation sites (tertiary alicyclic amines) is 1. The van der Waals surface area contributed by atoms with E-state index in [0.29, 0.717) is 19.0 Å². The van der Waals surface area contributed by atoms with Crippen molar-refractivity contribution in [2.24, 2.45) is 5.92 Å². The first-order valence-electron chi connectivity index (χ1n) is 5.80. The van der Waals surface area contributed by atoms with Gasteiger partial charge in [0, 0.05) is 20.2 Å². The van der Waals surface area contributed by atoms with Gasteiger partial charge in [0.25, 0.3) is 0 Å². The normalized spacial score (nSPS) is 26.7. The van der Waals surface area contributed by atoms with E-state index in [1.165, 1.54) is 0 Å². The molecule has 1 rings (SSSR count). The number of nitrogens with one attached hydrogen (secondary N) is 1. The van der Waals surface area contributed by atoms with Gasteiger partial charge in [0.15, 0.2) is 0 Å². The Balaban J connectivity index is 2.30. The molecular weight excluding hydrogens is 208 g/mol. The standard InChI is InChI=1S/C11H22N2O3/c1-9-3-5-13(7-10(9)16-2)8-11(15)12-4-6-14/h9-10,14H,3-8H2,1-2H3,(H,12,15). The summed E-state index contributed by atoms with van der Waals surface area (Å²) < 4.78 is 5.38. The van der Waals surface area contributed by atoms with Crippen LogP contribution in [0.1, 0.15) is 13.3 Å². The number of methoxy groups -OCH3 is 1. The van der Waals surface area contributed by atoms with Gasteiger partial charge in [-0.25, -0.2) is 0 Å². The number of hydrogen-bond acceptors (Lipinski definition) is 4. The largest absolute Gasteiger partial charge is 0.395 e. The lowest BCUT2D eigenvalue weighted by Crippen LogP contribution is -2.47. The highest BCUT2D eigenvalue weighted by Crippen LogP contribution is 2.18. The van der Waals surface area contributed by atoms with Crippen LogP contribution in [0.2, 0.25) is 0 Å². The van der Waals surface area contributed by atoms with Gasteiger partial charge in [-0.05, 0) is 18.9 Å². The summed E-state index contributed by atoms with van der Waals surface area (Å²) in [5.41, 5.74) is 0. The second-order valence-corrected chi connectivity index (χ2v) is 4.35. The zero-order valence-electron chi connectivity index (χ0n) is 10.1. The number of carbonyl (C=O) groups is 1. The molecule has 1 aliphatic heterocycles. The van der Waals surface area contributed by atoms with Crippen LogP contribution >= 0.6 is 0 Å². The fourth-order valence-electron chi connectivity index (χ4n) is 2.00. The minimum Gasteiger partial charge on any atom is -0.395 e. The zero-order chi connectivity index (χ0) is 12.0. The third-order valence-electron chi connectivity index (χ3n) is 3.08. The Morgan fingerprint density at radius 3 is 3.00 bits per heavy atom. The van der Waals surface area contributed by atoms with Crippen molar-refractivity contribution in [1.82, 2.24) is 10.2 Å². The molecule has 1 heterocycles. The highest BCUT2D eigenvalue weighted by atomic mass is 16.5. The molecule has 1 fully saturated rings. The molecule has 0 radical (unpaired) electrons. The fraction of sp³-hybridized carbons (Fsp3) is 0.909. The maximum Gasteiger partial charge on any atom is 0.234 e. The molecule has 2 unspecified atom stereocenters. The molecule has 5 heteroatoms. The molecule has 0 aromatic heterocycles. The number of aliphatic hydroxyl groups excluding tert-OH is 1. The minimum atomic E-state index is -0.0292. The fourth-order valence-corrected chi connectivity index (χ4v) is 2.00. The quantitative estimate of drug-likeness (QED) is 0.665. The Morgan fingerprint density at radius 1 is 1.62 bits per heavy atom. The maximum absolute atomic E-state index is 11.4. The first-order chi connectivity index (χ1) is 7.67. The van der Waals surface area contributed by atoms with Crippen LogP contribution in [0.4, 0.5) is 0 Å². The lowest BCUT2D eigenvalue weighted by atomic mass is 9.96. The number of piperidine rings is 1. The summed E-state index contributed by atoms with van der Waals surface area (Å²) in [6.07, 6.45) is 1.28. The van der Waals surface area contributed by atoms with Gasteiger partial charge in [-0.3, -0.25) is 9.69 Å². The molecule has 0 aromatic rings. The third-order valence-corrected chi connectivity index (χ3v) is 3.08. The van der Waals surface area contributed by atoms with E-state index in [4.69, 9.17) is 9.84 Å². The van der Waals surface area contributed by atoms with Gasteiger partial charge in [-0.15, -0.1) is 0 Å². The Bertz CT molecular complexity index is 223. The molecule has 1 amide bonds. The highest BCUT2D eigenvalue weighted by Gasteiger charge is 2.26. The molecule has 5 nitrogen and oxygen atoms in total. The summed E-state index contributed by atoms with van der Waals surface area (Å²) in [7, 11) is 1.72. The molecule has 0 spiro atoms. The van der Waals surface area contributed by atoms with Gasteiger partial charge in [-0.2, -0.15) is 0 Å². The van der Waals surface area contributed by atoms with Crippen molar-refractivity contribution >= 4 is 5.91 Å². The molecule has 16 heavy (non-hydrogen) atoms. The summed E-state index contributed by atoms with van der Waals surface area (Å²) in [6.45, 7) is 4.64. The Labute approximate surface area is 96.8 Å². The van der Waals surface area contributed by atoms with Crippen molar-refractivity contribution in [1.29, 1.82) is 0 Å². The van der Waals surface area contributed by atoms with Crippen LogP contribution in [0.5, 0.6) is 0 Å². The van der Waals surface area contributed by atoms with Crippen molar-refractivity contribution in [3.05, 3.63) is 0 Å². The van der Waals surface area contributed by atoms with Gasteiger partial charge in [-0.1, -0.05) is 6.92 Å². The Hall–Kier alpha value is -0.650. The van der Waals surface area contributed by atoms with Crippen molar-refractivity contribution in [3.63, 3.8) is 0 Å². The van der Waals surface area contributed by atoms with E-state index >= 15 is 0 Å². The van der Waals surface area contributed by atoms with E-state index in [-0.39, 0.29) is 18.6 Å². The molecule has 1 saturated heterocycles. The predicted octanol–water partition coefficient (Wildman–Crippen LogP) is -0.548. The van der Waals surface area contributed by atoms with Gasteiger partial charge in [0.05, 0.1) is 19.3 Å². The van der Waals surface area contributed by atoms with Crippen LogP contribution < -0.4 is 5.32 Å². The number of ether oxygens (including phenoxy) is 1. The van der Waals surface area contributed by atoms with E-state index in [2.05, 4.69) is 17.1 Å². The smallest absolute Gasteiger partial charge is 0.234 e. The zero-order valence-corrected chi connectivity index (χ0v) is 10.1. The number of aliphatic hydroxyl groups is 1. The number of carbonyl (C=O) groups excluding carboxylic acids is 1. The maximum atomic E-state index is 11.4. The van der Waals surface area contributed by atoms with E-state index in [1.54, 1.807) is 7.11 Å². The Morgan fingerprint density at radius 2 is 2.38 bits per heavy atom. The topological polar surface area (TPSA) is 61.8 Å². The third kappa shape index (κ3) is 4.08. The van der Waals surface area contributed by atoms with Crippen LogP contribution in [0.3, 0.4) is 0 Å². The molecule has 0 aliphatic carbocycles. The molecular formula is C11H22N2O3. The van der Waals surface area contributed by atoms with E-state index in [0.717, 1.165) is 19.5 Å². The Kier molecular flexibility index (Phi) is 5.73. The summed E-state index contributed by atoms with van der Waals surface area (Å²) in [4.78, 5) is 13.5. The first-order valence-corrected chi connectivity index (χ1v) is 5.80. The number of amides is 1. The lowest BCUT2D eigenvalue weighted by molar-refractivity contribution is -0.123. The lowest BCUT2D eigenvalue weighted by Gasteiger charge is -2.35. The summed E-state index contributed by atoms with van der Waals surface area (Å²) in [5.74, 6) is 0.528. The van der Waals surface area contributed by atoms with Crippen LogP contribution in [0, 0.1) is 5.92 Å². The van der Waals surface area contributed by atoms with Crippen molar-refractivity contribution < 1.29 is 14.6 Å². The van der Waals surface area contributed by atoms with Crippen LogP contribution in [-0.4, -0.2) is 61.9 Å². The summed E-state index contributed by atoms with van der Waals surface area (Å²) in [5, 5.41) is 11.2. The van der Waals surface area contributed by atoms with E-state index in [1.807, 2.05) is 0 Å². The number of nitrogens with zero attached hydrogens (tertiary/aromatic N) is 1. The second kappa shape index (κ2) is 6.83. The van der Waals surface area contributed by atoms with Gasteiger partial charge < -0.3 is 15.2 Å². The SMILES string of the molecule is COC1CN(CC(=O)NCCO)CCC1C. The van der Waals surface area contributed by atoms with E-state index < -0.39 is 0 Å². The molecule has 0 saturated carbocycles. The summed E-state index contributed by atoms with van der Waals surface area (Å²) in [6, 6.07) is 0. The van der Waals surface area contributed by atoms with E-state index in [9.17, 15) is 4.79 Å². The van der Waals surface area contributed by atoms with Gasteiger partial charge >= 0.3 is 0 Å². The minimum absolute atomic E-state index is 0.0104. The van der Waals surface area contributed by atoms with Gasteiger partial charge in [0.2, 0.25) is 5.91 Å². The average Bonchev–Trinajstić information content (AvgIpc) is 2.29. The molecule has 2 N–H and O–H groups in total. The highest BCUT2D eigenvalue weighted by molar-refractivity contribution is 5.77. The monoisotopic (exact) mass is 230 g/mol. The molecule has 1 aliphatic rings. The van der Waals surface area contributed by atoms with Crippen molar-refractivity contribution in [2.75, 3.05) is 39.9 Å². The number of hydrogen-bond donors (Lipinski definition) is 2. The molecule has 94 valence electrons. The second-order valence-electron chi connectivity index (χ2n) is 4.35. The summed E-state index contributed by atoms with van der Waals surface area (Å²) >= 11 is 0. The predicted molar refractivity (Wildman–Crippen MR) is 61.1 cm³/mol. The number of rotatable bonds is 5. The molecule has 2 atom stereocenters. The van der Waals surface area contributed by atoms with Gasteiger partial charge in [0.1, 0.15) is 0 Å². The van der Waals surface area contributed by atoms with Crippen LogP contribution in [-0.2, 0) is 9.53 Å². The first kappa shape index (κ1) is 13.4. The average molecular weight is 230 g/mol. The molecule has 0 aromatic carbocycles.